The second-order valence-electron chi connectivity index (χ2n) is 6.51. The summed E-state index contributed by atoms with van der Waals surface area (Å²) in [6, 6.07) is 8.87. The second-order valence-corrected chi connectivity index (χ2v) is 8.97. The minimum Gasteiger partial charge on any atom is -0.392 e. The van der Waals surface area contributed by atoms with Crippen molar-refractivity contribution in [1.82, 2.24) is 0 Å². The lowest BCUT2D eigenvalue weighted by Crippen LogP contribution is -2.15. The molecule has 2 fully saturated rings. The Morgan fingerprint density at radius 2 is 1.14 bits per heavy atom. The molecule has 0 heterocycles. The standard InChI is InChI=1S/C18H26O2S2/c19-15-3-1-5-17(15)21-11-13-7-9-14(10-8-13)12-22-18-6-2-4-16(18)20/h7-10,15-20H,1-6,11-12H2/t15-,16+,17-,18+. The van der Waals surface area contributed by atoms with Crippen LogP contribution in [0.3, 0.4) is 0 Å². The van der Waals surface area contributed by atoms with Crippen LogP contribution in [0.1, 0.15) is 49.7 Å². The number of aliphatic hydroxyl groups excluding tert-OH is 2. The summed E-state index contributed by atoms with van der Waals surface area (Å²) in [5, 5.41) is 20.6. The Morgan fingerprint density at radius 1 is 0.727 bits per heavy atom. The van der Waals surface area contributed by atoms with E-state index in [-0.39, 0.29) is 12.2 Å². The fourth-order valence-corrected chi connectivity index (χ4v) is 5.92. The number of aliphatic hydroxyl groups is 2. The molecule has 1 aromatic rings. The lowest BCUT2D eigenvalue weighted by Gasteiger charge is -2.15. The van der Waals surface area contributed by atoms with Crippen LogP contribution in [-0.2, 0) is 11.5 Å². The average molecular weight is 339 g/mol. The van der Waals surface area contributed by atoms with Gasteiger partial charge in [0.15, 0.2) is 0 Å². The van der Waals surface area contributed by atoms with Crippen LogP contribution < -0.4 is 0 Å². The fourth-order valence-electron chi connectivity index (χ4n) is 3.34. The van der Waals surface area contributed by atoms with Gasteiger partial charge in [-0.05, 0) is 49.7 Å². The van der Waals surface area contributed by atoms with Gasteiger partial charge in [0.25, 0.3) is 0 Å². The number of hydrogen-bond acceptors (Lipinski definition) is 4. The minimum absolute atomic E-state index is 0.0986. The van der Waals surface area contributed by atoms with E-state index in [1.807, 2.05) is 23.5 Å². The molecule has 4 atom stereocenters. The highest BCUT2D eigenvalue weighted by Gasteiger charge is 2.26. The van der Waals surface area contributed by atoms with Crippen molar-refractivity contribution in [3.8, 4) is 0 Å². The quantitative estimate of drug-likeness (QED) is 0.823. The molecule has 2 N–H and O–H groups in total. The molecule has 0 bridgehead atoms. The van der Waals surface area contributed by atoms with Gasteiger partial charge in [0.05, 0.1) is 12.2 Å². The van der Waals surface area contributed by atoms with Crippen molar-refractivity contribution in [3.05, 3.63) is 35.4 Å². The molecule has 0 aliphatic heterocycles. The monoisotopic (exact) mass is 338 g/mol. The zero-order valence-electron chi connectivity index (χ0n) is 13.0. The van der Waals surface area contributed by atoms with Crippen molar-refractivity contribution in [2.75, 3.05) is 0 Å². The molecule has 1 aromatic carbocycles. The summed E-state index contributed by atoms with van der Waals surface area (Å²) in [6.45, 7) is 0. The molecule has 0 spiro atoms. The highest BCUT2D eigenvalue weighted by molar-refractivity contribution is 7.99. The van der Waals surface area contributed by atoms with Gasteiger partial charge < -0.3 is 10.2 Å². The van der Waals surface area contributed by atoms with Crippen LogP contribution in [-0.4, -0.2) is 32.9 Å². The molecule has 0 amide bonds. The summed E-state index contributed by atoms with van der Waals surface area (Å²) >= 11 is 3.79. The predicted molar refractivity (Wildman–Crippen MR) is 96.3 cm³/mol. The molecule has 4 heteroatoms. The third kappa shape index (κ3) is 4.44. The van der Waals surface area contributed by atoms with E-state index in [1.165, 1.54) is 24.0 Å². The molecule has 0 radical (unpaired) electrons. The Balaban J connectivity index is 1.43. The van der Waals surface area contributed by atoms with Crippen molar-refractivity contribution in [3.63, 3.8) is 0 Å². The second kappa shape index (κ2) is 8.09. The maximum Gasteiger partial charge on any atom is 0.0658 e. The predicted octanol–water partition coefficient (Wildman–Crippen LogP) is 3.98. The molecule has 3 rings (SSSR count). The van der Waals surface area contributed by atoms with E-state index in [0.29, 0.717) is 10.5 Å². The molecule has 2 saturated carbocycles. The SMILES string of the molecule is O[C@@H]1CCC[C@H]1SCc1ccc(CS[C@H]2CCC[C@@H]2O)cc1. The van der Waals surface area contributed by atoms with E-state index in [0.717, 1.165) is 37.2 Å². The van der Waals surface area contributed by atoms with Crippen molar-refractivity contribution in [2.45, 2.75) is 72.7 Å². The van der Waals surface area contributed by atoms with E-state index in [1.54, 1.807) is 0 Å². The van der Waals surface area contributed by atoms with Crippen LogP contribution >= 0.6 is 23.5 Å². The van der Waals surface area contributed by atoms with Gasteiger partial charge in [0.1, 0.15) is 0 Å². The van der Waals surface area contributed by atoms with Crippen LogP contribution in [0.25, 0.3) is 0 Å². The third-order valence-corrected chi connectivity index (χ3v) is 7.74. The summed E-state index contributed by atoms with van der Waals surface area (Å²) in [5.74, 6) is 1.99. The van der Waals surface area contributed by atoms with Gasteiger partial charge in [0.2, 0.25) is 0 Å². The van der Waals surface area contributed by atoms with Crippen LogP contribution in [0.5, 0.6) is 0 Å². The molecule has 2 nitrogen and oxygen atoms in total. The minimum atomic E-state index is -0.0986. The first-order valence-corrected chi connectivity index (χ1v) is 10.5. The Morgan fingerprint density at radius 3 is 1.45 bits per heavy atom. The van der Waals surface area contributed by atoms with E-state index in [9.17, 15) is 10.2 Å². The van der Waals surface area contributed by atoms with Gasteiger partial charge in [-0.3, -0.25) is 0 Å². The highest BCUT2D eigenvalue weighted by Crippen LogP contribution is 2.33. The number of hydrogen-bond donors (Lipinski definition) is 2. The Bertz CT molecular complexity index is 420. The number of thioether (sulfide) groups is 2. The van der Waals surface area contributed by atoms with Crippen LogP contribution in [0.15, 0.2) is 24.3 Å². The molecule has 0 saturated heterocycles. The molecule has 2 aliphatic carbocycles. The van der Waals surface area contributed by atoms with Crippen molar-refractivity contribution < 1.29 is 10.2 Å². The van der Waals surface area contributed by atoms with E-state index >= 15 is 0 Å². The Labute approximate surface area is 142 Å². The Kier molecular flexibility index (Phi) is 6.14. The van der Waals surface area contributed by atoms with E-state index in [2.05, 4.69) is 24.3 Å². The van der Waals surface area contributed by atoms with Gasteiger partial charge in [-0.1, -0.05) is 24.3 Å². The molecule has 22 heavy (non-hydrogen) atoms. The maximum atomic E-state index is 9.86. The van der Waals surface area contributed by atoms with Crippen LogP contribution in [0.2, 0.25) is 0 Å². The van der Waals surface area contributed by atoms with Crippen molar-refractivity contribution in [2.24, 2.45) is 0 Å². The van der Waals surface area contributed by atoms with Crippen LogP contribution in [0.4, 0.5) is 0 Å². The van der Waals surface area contributed by atoms with Crippen molar-refractivity contribution in [1.29, 1.82) is 0 Å². The van der Waals surface area contributed by atoms with Gasteiger partial charge in [-0.25, -0.2) is 0 Å². The summed E-state index contributed by atoms with van der Waals surface area (Å²) in [6.07, 6.45) is 6.40. The maximum absolute atomic E-state index is 9.86. The molecular formula is C18H26O2S2. The third-order valence-electron chi connectivity index (χ3n) is 4.79. The van der Waals surface area contributed by atoms with Gasteiger partial charge in [-0.15, -0.1) is 0 Å². The lowest BCUT2D eigenvalue weighted by atomic mass is 10.2. The first-order chi connectivity index (χ1) is 10.7. The van der Waals surface area contributed by atoms with E-state index in [4.69, 9.17) is 0 Å². The van der Waals surface area contributed by atoms with Crippen molar-refractivity contribution >= 4 is 23.5 Å². The Hall–Kier alpha value is -0.160. The average Bonchev–Trinajstić information content (AvgIpc) is 3.12. The fraction of sp³-hybridized carbons (Fsp3) is 0.667. The zero-order chi connectivity index (χ0) is 15.4. The molecule has 0 aromatic heterocycles. The summed E-state index contributed by atoms with van der Waals surface area (Å²) in [5.41, 5.74) is 2.69. The zero-order valence-corrected chi connectivity index (χ0v) is 14.6. The lowest BCUT2D eigenvalue weighted by molar-refractivity contribution is 0.187. The highest BCUT2D eigenvalue weighted by atomic mass is 32.2. The molecule has 2 aliphatic rings. The first-order valence-electron chi connectivity index (χ1n) is 8.39. The number of benzene rings is 1. The van der Waals surface area contributed by atoms with Gasteiger partial charge >= 0.3 is 0 Å². The first kappa shape index (κ1) is 16.7. The smallest absolute Gasteiger partial charge is 0.0658 e. The van der Waals surface area contributed by atoms with Gasteiger partial charge in [-0.2, -0.15) is 23.5 Å². The summed E-state index contributed by atoms with van der Waals surface area (Å²) in [7, 11) is 0. The van der Waals surface area contributed by atoms with Crippen LogP contribution in [0, 0.1) is 0 Å². The van der Waals surface area contributed by atoms with Gasteiger partial charge in [0, 0.05) is 22.0 Å². The molecule has 0 unspecified atom stereocenters. The topological polar surface area (TPSA) is 40.5 Å². The normalized spacial score (nSPS) is 31.7. The largest absolute Gasteiger partial charge is 0.392 e. The molecule has 122 valence electrons. The van der Waals surface area contributed by atoms with E-state index < -0.39 is 0 Å². The number of rotatable bonds is 6. The molecular weight excluding hydrogens is 312 g/mol. The summed E-state index contributed by atoms with van der Waals surface area (Å²) < 4.78 is 0. The summed E-state index contributed by atoms with van der Waals surface area (Å²) in [4.78, 5) is 0.